The minimum Gasteiger partial charge on any atom is -0.368 e. The fourth-order valence-electron chi connectivity index (χ4n) is 4.56. The van der Waals surface area contributed by atoms with Crippen LogP contribution in [0.25, 0.3) is 17.0 Å². The molecule has 1 aliphatic heterocycles. The van der Waals surface area contributed by atoms with E-state index in [1.165, 1.54) is 24.1 Å². The fraction of sp³-hybridized carbons (Fsp3) is 0.360. The second kappa shape index (κ2) is 8.03. The molecule has 1 saturated carbocycles. The number of fused-ring (bicyclic) bond motifs is 1. The van der Waals surface area contributed by atoms with E-state index in [2.05, 4.69) is 46.2 Å². The molecule has 0 spiro atoms. The lowest BCUT2D eigenvalue weighted by Crippen LogP contribution is -2.49. The van der Waals surface area contributed by atoms with Crippen LogP contribution in [0.2, 0.25) is 0 Å². The van der Waals surface area contributed by atoms with Crippen LogP contribution >= 0.6 is 0 Å². The van der Waals surface area contributed by atoms with Gasteiger partial charge in [0.2, 0.25) is 0 Å². The number of hydrogen-bond donors (Lipinski definition) is 0. The summed E-state index contributed by atoms with van der Waals surface area (Å²) in [5.74, 6) is 1.40. The molecule has 3 aromatic heterocycles. The zero-order chi connectivity index (χ0) is 22.4. The molecule has 0 bridgehead atoms. The van der Waals surface area contributed by atoms with Crippen LogP contribution in [0.5, 0.6) is 0 Å². The van der Waals surface area contributed by atoms with Gasteiger partial charge in [-0.05, 0) is 43.9 Å². The molecular formula is C25H27N7O. The third kappa shape index (κ3) is 3.75. The van der Waals surface area contributed by atoms with Crippen molar-refractivity contribution in [3.63, 3.8) is 0 Å². The van der Waals surface area contributed by atoms with Gasteiger partial charge in [0, 0.05) is 57.0 Å². The lowest BCUT2D eigenvalue weighted by Gasteiger charge is -2.36. The first kappa shape index (κ1) is 20.0. The topological polar surface area (TPSA) is 71.6 Å². The largest absolute Gasteiger partial charge is 0.368 e. The van der Waals surface area contributed by atoms with Gasteiger partial charge < -0.3 is 9.80 Å². The van der Waals surface area contributed by atoms with E-state index in [1.807, 2.05) is 32.4 Å². The number of piperazine rings is 1. The highest BCUT2D eigenvalue weighted by Gasteiger charge is 2.28. The first-order valence-corrected chi connectivity index (χ1v) is 11.6. The lowest BCUT2D eigenvalue weighted by molar-refractivity contribution is 0.0743. The summed E-state index contributed by atoms with van der Waals surface area (Å²) in [7, 11) is 0. The Bertz CT molecular complexity index is 1290. The number of aromatic nitrogens is 5. The number of imidazole rings is 1. The Labute approximate surface area is 192 Å². The number of nitrogens with zero attached hydrogens (tertiary/aromatic N) is 7. The van der Waals surface area contributed by atoms with Crippen LogP contribution in [0.15, 0.2) is 55.1 Å². The maximum atomic E-state index is 13.5. The number of carbonyl (C=O) groups excluding carboxylic acids is 1. The third-order valence-corrected chi connectivity index (χ3v) is 6.69. The molecule has 0 radical (unpaired) electrons. The molecule has 1 aliphatic carbocycles. The number of carbonyl (C=O) groups is 1. The summed E-state index contributed by atoms with van der Waals surface area (Å²) in [6, 6.07) is 10.5. The van der Waals surface area contributed by atoms with Crippen molar-refractivity contribution in [2.24, 2.45) is 5.92 Å². The van der Waals surface area contributed by atoms with E-state index in [9.17, 15) is 4.79 Å². The molecule has 1 amide bonds. The number of amides is 1. The van der Waals surface area contributed by atoms with Crippen LogP contribution in [0.1, 0.15) is 28.9 Å². The first-order valence-electron chi connectivity index (χ1n) is 11.6. The number of anilines is 1. The van der Waals surface area contributed by atoms with Crippen LogP contribution in [-0.4, -0.2) is 61.1 Å². The molecule has 2 aliphatic rings. The molecule has 0 unspecified atom stereocenters. The van der Waals surface area contributed by atoms with Gasteiger partial charge in [0.25, 0.3) is 5.91 Å². The second-order valence-electron chi connectivity index (χ2n) is 9.07. The van der Waals surface area contributed by atoms with Gasteiger partial charge in [-0.2, -0.15) is 5.10 Å². The first-order chi connectivity index (χ1) is 16.2. The maximum absolute atomic E-state index is 13.5. The monoisotopic (exact) mass is 441 g/mol. The molecule has 0 atom stereocenters. The Morgan fingerprint density at radius 2 is 1.82 bits per heavy atom. The molecule has 4 aromatic rings. The molecule has 6 rings (SSSR count). The van der Waals surface area contributed by atoms with Crippen LogP contribution in [0.3, 0.4) is 0 Å². The Morgan fingerprint density at radius 1 is 1.03 bits per heavy atom. The van der Waals surface area contributed by atoms with Crippen molar-refractivity contribution in [1.29, 1.82) is 0 Å². The number of aryl methyl sites for hydroxylation is 1. The summed E-state index contributed by atoms with van der Waals surface area (Å²) >= 11 is 0. The highest BCUT2D eigenvalue weighted by Crippen LogP contribution is 2.32. The summed E-state index contributed by atoms with van der Waals surface area (Å²) in [4.78, 5) is 26.9. The van der Waals surface area contributed by atoms with Gasteiger partial charge in [0.05, 0.1) is 11.7 Å². The fourth-order valence-corrected chi connectivity index (χ4v) is 4.56. The third-order valence-electron chi connectivity index (χ3n) is 6.69. The summed E-state index contributed by atoms with van der Waals surface area (Å²) in [5.41, 5.74) is 4.59. The van der Waals surface area contributed by atoms with E-state index in [0.29, 0.717) is 24.7 Å². The number of hydrogen-bond acceptors (Lipinski definition) is 5. The summed E-state index contributed by atoms with van der Waals surface area (Å²) in [5, 5.41) is 4.51. The van der Waals surface area contributed by atoms with Gasteiger partial charge >= 0.3 is 0 Å². The van der Waals surface area contributed by atoms with E-state index in [0.717, 1.165) is 36.7 Å². The number of rotatable bonds is 5. The average molecular weight is 442 g/mol. The van der Waals surface area contributed by atoms with Crippen LogP contribution < -0.4 is 4.90 Å². The van der Waals surface area contributed by atoms with Gasteiger partial charge in [0.1, 0.15) is 5.69 Å². The predicted molar refractivity (Wildman–Crippen MR) is 126 cm³/mol. The Balaban J connectivity index is 1.26. The van der Waals surface area contributed by atoms with E-state index in [-0.39, 0.29) is 5.91 Å². The van der Waals surface area contributed by atoms with Crippen molar-refractivity contribution in [3.8, 4) is 11.5 Å². The molecule has 0 N–H and O–H groups in total. The Hall–Kier alpha value is -3.68. The van der Waals surface area contributed by atoms with E-state index in [1.54, 1.807) is 12.4 Å². The Kier molecular flexibility index (Phi) is 4.86. The molecule has 4 heterocycles. The quantitative estimate of drug-likeness (QED) is 0.475. The van der Waals surface area contributed by atoms with Crippen molar-refractivity contribution < 1.29 is 4.79 Å². The normalized spacial score (nSPS) is 16.5. The van der Waals surface area contributed by atoms with E-state index < -0.39 is 0 Å². The predicted octanol–water partition coefficient (Wildman–Crippen LogP) is 3.27. The molecule has 8 nitrogen and oxygen atoms in total. The van der Waals surface area contributed by atoms with Crippen molar-refractivity contribution in [2.45, 2.75) is 26.3 Å². The van der Waals surface area contributed by atoms with Gasteiger partial charge in [-0.1, -0.05) is 17.7 Å². The molecule has 33 heavy (non-hydrogen) atoms. The SMILES string of the molecule is Cc1ccc(N2CCN(C(=O)c3nc(-c4ccnn4CC4CC4)n4ccncc34)CC2)cc1. The van der Waals surface area contributed by atoms with Crippen molar-refractivity contribution in [3.05, 3.63) is 66.4 Å². The van der Waals surface area contributed by atoms with Crippen molar-refractivity contribution in [1.82, 2.24) is 29.0 Å². The van der Waals surface area contributed by atoms with E-state index in [4.69, 9.17) is 4.98 Å². The molecule has 1 aromatic carbocycles. The summed E-state index contributed by atoms with van der Waals surface area (Å²) in [6.45, 7) is 5.94. The molecule has 2 fully saturated rings. The van der Waals surface area contributed by atoms with Gasteiger partial charge in [-0.3, -0.25) is 18.9 Å². The van der Waals surface area contributed by atoms with E-state index >= 15 is 0 Å². The summed E-state index contributed by atoms with van der Waals surface area (Å²) in [6.07, 6.45) is 9.65. The molecular weight excluding hydrogens is 414 g/mol. The molecule has 8 heteroatoms. The second-order valence-corrected chi connectivity index (χ2v) is 9.07. The number of benzene rings is 1. The van der Waals surface area contributed by atoms with Crippen molar-refractivity contribution in [2.75, 3.05) is 31.1 Å². The van der Waals surface area contributed by atoms with Crippen LogP contribution in [0.4, 0.5) is 5.69 Å². The van der Waals surface area contributed by atoms with Crippen LogP contribution in [0, 0.1) is 12.8 Å². The highest BCUT2D eigenvalue weighted by atomic mass is 16.2. The smallest absolute Gasteiger partial charge is 0.274 e. The zero-order valence-corrected chi connectivity index (χ0v) is 18.8. The average Bonchev–Trinajstić information content (AvgIpc) is 3.41. The summed E-state index contributed by atoms with van der Waals surface area (Å²) < 4.78 is 3.98. The molecule has 168 valence electrons. The van der Waals surface area contributed by atoms with Gasteiger partial charge in [-0.25, -0.2) is 4.98 Å². The van der Waals surface area contributed by atoms with Gasteiger partial charge in [-0.15, -0.1) is 0 Å². The standard InChI is InChI=1S/C25H27N7O/c1-18-2-6-20(7-3-18)29-12-14-30(15-13-29)25(33)23-22-16-26-10-11-31(22)24(28-23)21-8-9-27-32(21)17-19-4-5-19/h2-3,6-11,16,19H,4-5,12-15,17H2,1H3. The minimum absolute atomic E-state index is 0.0384. The van der Waals surface area contributed by atoms with Gasteiger partial charge in [0.15, 0.2) is 11.5 Å². The zero-order valence-electron chi connectivity index (χ0n) is 18.8. The lowest BCUT2D eigenvalue weighted by atomic mass is 10.2. The molecule has 1 saturated heterocycles. The minimum atomic E-state index is -0.0384. The highest BCUT2D eigenvalue weighted by molar-refractivity contribution is 6.00. The Morgan fingerprint density at radius 3 is 2.58 bits per heavy atom. The van der Waals surface area contributed by atoms with Crippen LogP contribution in [-0.2, 0) is 6.54 Å². The van der Waals surface area contributed by atoms with Crippen molar-refractivity contribution >= 4 is 17.1 Å². The maximum Gasteiger partial charge on any atom is 0.274 e.